The monoisotopic (exact) mass is 348 g/mol. The number of nitrogens with zero attached hydrogens (tertiary/aromatic N) is 1. The molecule has 6 heteroatoms. The van der Waals surface area contributed by atoms with Gasteiger partial charge in [-0.15, -0.1) is 0 Å². The minimum absolute atomic E-state index is 0.0193. The summed E-state index contributed by atoms with van der Waals surface area (Å²) in [5.74, 6) is 1.57. The first kappa shape index (κ1) is 19.2. The highest BCUT2D eigenvalue weighted by Crippen LogP contribution is 2.21. The number of benzene rings is 1. The predicted molar refractivity (Wildman–Crippen MR) is 95.3 cm³/mol. The van der Waals surface area contributed by atoms with E-state index >= 15 is 0 Å². The lowest BCUT2D eigenvalue weighted by Gasteiger charge is -2.34. The van der Waals surface area contributed by atoms with Gasteiger partial charge in [0.05, 0.1) is 13.0 Å². The second kappa shape index (κ2) is 9.42. The molecule has 1 aromatic rings. The number of nitrogens with one attached hydrogen (secondary N) is 1. The Kier molecular flexibility index (Phi) is 7.25. The van der Waals surface area contributed by atoms with Crippen molar-refractivity contribution in [3.63, 3.8) is 0 Å². The third-order valence-corrected chi connectivity index (χ3v) is 4.31. The first-order chi connectivity index (χ1) is 12.0. The number of piperidine rings is 1. The first-order valence-electron chi connectivity index (χ1n) is 8.85. The van der Waals surface area contributed by atoms with Gasteiger partial charge in [0.25, 0.3) is 5.91 Å². The molecule has 0 aromatic heterocycles. The lowest BCUT2D eigenvalue weighted by molar-refractivity contribution is -0.136. The largest absolute Gasteiger partial charge is 0.484 e. The molecule has 25 heavy (non-hydrogen) atoms. The normalized spacial score (nSPS) is 20.2. The van der Waals surface area contributed by atoms with Crippen molar-refractivity contribution in [2.24, 2.45) is 11.8 Å². The zero-order valence-corrected chi connectivity index (χ0v) is 15.0. The van der Waals surface area contributed by atoms with E-state index in [0.717, 1.165) is 25.1 Å². The first-order valence-corrected chi connectivity index (χ1v) is 8.85. The molecule has 1 fully saturated rings. The number of aliphatic hydroxyl groups is 1. The Morgan fingerprint density at radius 3 is 2.44 bits per heavy atom. The molecule has 2 atom stereocenters. The van der Waals surface area contributed by atoms with Gasteiger partial charge in [-0.05, 0) is 36.0 Å². The van der Waals surface area contributed by atoms with Crippen LogP contribution in [-0.2, 0) is 16.0 Å². The third kappa shape index (κ3) is 6.38. The van der Waals surface area contributed by atoms with E-state index in [4.69, 9.17) is 9.84 Å². The van der Waals surface area contributed by atoms with E-state index in [0.29, 0.717) is 17.6 Å². The van der Waals surface area contributed by atoms with Gasteiger partial charge in [0, 0.05) is 19.6 Å². The van der Waals surface area contributed by atoms with Crippen molar-refractivity contribution in [3.8, 4) is 5.75 Å². The standard InChI is InChI=1S/C19H28N2O4/c1-14-9-15(2)12-21(11-14)19(24)13-25-17-5-3-16(4-6-17)10-18(23)20-7-8-22/h3-6,14-15,22H,7-13H2,1-2H3,(H,20,23)/t14-,15-/m0/s1. The molecule has 0 spiro atoms. The quantitative estimate of drug-likeness (QED) is 0.777. The summed E-state index contributed by atoms with van der Waals surface area (Å²) in [6.07, 6.45) is 1.42. The SMILES string of the molecule is C[C@H]1C[C@H](C)CN(C(=O)COc2ccc(CC(=O)NCCO)cc2)C1. The summed E-state index contributed by atoms with van der Waals surface area (Å²) in [6.45, 7) is 6.17. The molecule has 2 rings (SSSR count). The van der Waals surface area contributed by atoms with Crippen LogP contribution in [0.2, 0.25) is 0 Å². The molecule has 1 saturated heterocycles. The second-order valence-electron chi connectivity index (χ2n) is 6.93. The summed E-state index contributed by atoms with van der Waals surface area (Å²) in [6, 6.07) is 7.15. The number of carbonyl (C=O) groups is 2. The predicted octanol–water partition coefficient (Wildman–Crippen LogP) is 1.22. The molecule has 2 N–H and O–H groups in total. The van der Waals surface area contributed by atoms with Gasteiger partial charge in [-0.1, -0.05) is 26.0 Å². The zero-order chi connectivity index (χ0) is 18.2. The van der Waals surface area contributed by atoms with Gasteiger partial charge in [-0.25, -0.2) is 0 Å². The van der Waals surface area contributed by atoms with Crippen molar-refractivity contribution in [2.45, 2.75) is 26.7 Å². The minimum atomic E-state index is -0.133. The second-order valence-corrected chi connectivity index (χ2v) is 6.93. The van der Waals surface area contributed by atoms with Gasteiger partial charge in [-0.3, -0.25) is 9.59 Å². The molecule has 1 aromatic carbocycles. The van der Waals surface area contributed by atoms with E-state index in [1.165, 1.54) is 0 Å². The molecule has 138 valence electrons. The van der Waals surface area contributed by atoms with Crippen LogP contribution in [0.15, 0.2) is 24.3 Å². The van der Waals surface area contributed by atoms with Crippen molar-refractivity contribution < 1.29 is 19.4 Å². The van der Waals surface area contributed by atoms with Crippen LogP contribution in [0, 0.1) is 11.8 Å². The summed E-state index contributed by atoms with van der Waals surface area (Å²) >= 11 is 0. The number of ether oxygens (including phenoxy) is 1. The smallest absolute Gasteiger partial charge is 0.260 e. The zero-order valence-electron chi connectivity index (χ0n) is 15.0. The maximum Gasteiger partial charge on any atom is 0.260 e. The van der Waals surface area contributed by atoms with E-state index in [2.05, 4.69) is 19.2 Å². The Balaban J connectivity index is 1.79. The number of hydrogen-bond donors (Lipinski definition) is 2. The topological polar surface area (TPSA) is 78.9 Å². The Hall–Kier alpha value is -2.08. The fourth-order valence-electron chi connectivity index (χ4n) is 3.25. The Bertz CT molecular complexity index is 563. The van der Waals surface area contributed by atoms with Gasteiger partial charge in [-0.2, -0.15) is 0 Å². The molecule has 2 amide bonds. The van der Waals surface area contributed by atoms with Crippen LogP contribution in [-0.4, -0.2) is 54.7 Å². The lowest BCUT2D eigenvalue weighted by atomic mass is 9.92. The van der Waals surface area contributed by atoms with Crippen LogP contribution < -0.4 is 10.1 Å². The highest BCUT2D eigenvalue weighted by Gasteiger charge is 2.25. The van der Waals surface area contributed by atoms with Crippen LogP contribution in [0.1, 0.15) is 25.8 Å². The molecule has 1 heterocycles. The van der Waals surface area contributed by atoms with Crippen LogP contribution in [0.4, 0.5) is 0 Å². The maximum atomic E-state index is 12.3. The van der Waals surface area contributed by atoms with Crippen molar-refractivity contribution in [1.82, 2.24) is 10.2 Å². The summed E-state index contributed by atoms with van der Waals surface area (Å²) in [7, 11) is 0. The molecule has 1 aliphatic heterocycles. The minimum Gasteiger partial charge on any atom is -0.484 e. The number of hydrogen-bond acceptors (Lipinski definition) is 4. The molecule has 0 aliphatic carbocycles. The Morgan fingerprint density at radius 2 is 1.84 bits per heavy atom. The van der Waals surface area contributed by atoms with Crippen LogP contribution >= 0.6 is 0 Å². The van der Waals surface area contributed by atoms with Gasteiger partial charge < -0.3 is 20.1 Å². The van der Waals surface area contributed by atoms with E-state index < -0.39 is 0 Å². The molecule has 0 bridgehead atoms. The van der Waals surface area contributed by atoms with Crippen LogP contribution in [0.5, 0.6) is 5.75 Å². The van der Waals surface area contributed by atoms with Crippen molar-refractivity contribution in [2.75, 3.05) is 32.8 Å². The summed E-state index contributed by atoms with van der Waals surface area (Å²) in [5, 5.41) is 11.3. The van der Waals surface area contributed by atoms with Gasteiger partial charge in [0.1, 0.15) is 5.75 Å². The highest BCUT2D eigenvalue weighted by molar-refractivity contribution is 5.79. The van der Waals surface area contributed by atoms with Gasteiger partial charge in [0.15, 0.2) is 6.61 Å². The molecule has 0 saturated carbocycles. The molecular weight excluding hydrogens is 320 g/mol. The van der Waals surface area contributed by atoms with Crippen LogP contribution in [0.3, 0.4) is 0 Å². The average Bonchev–Trinajstić information content (AvgIpc) is 2.58. The number of aliphatic hydroxyl groups excluding tert-OH is 1. The number of carbonyl (C=O) groups excluding carboxylic acids is 2. The lowest BCUT2D eigenvalue weighted by Crippen LogP contribution is -2.44. The molecule has 0 unspecified atom stereocenters. The maximum absolute atomic E-state index is 12.3. The fraction of sp³-hybridized carbons (Fsp3) is 0.579. The van der Waals surface area contributed by atoms with Crippen molar-refractivity contribution in [1.29, 1.82) is 0 Å². The van der Waals surface area contributed by atoms with E-state index in [9.17, 15) is 9.59 Å². The van der Waals surface area contributed by atoms with Crippen molar-refractivity contribution in [3.05, 3.63) is 29.8 Å². The van der Waals surface area contributed by atoms with Gasteiger partial charge in [0.2, 0.25) is 5.91 Å². The van der Waals surface area contributed by atoms with Crippen molar-refractivity contribution >= 4 is 11.8 Å². The number of likely N-dealkylation sites (tertiary alicyclic amines) is 1. The van der Waals surface area contributed by atoms with E-state index in [-0.39, 0.29) is 38.0 Å². The number of amides is 2. The Labute approximate surface area is 149 Å². The average molecular weight is 348 g/mol. The van der Waals surface area contributed by atoms with E-state index in [1.54, 1.807) is 12.1 Å². The van der Waals surface area contributed by atoms with Crippen LogP contribution in [0.25, 0.3) is 0 Å². The molecule has 0 radical (unpaired) electrons. The molecule has 6 nitrogen and oxygen atoms in total. The fourth-order valence-corrected chi connectivity index (χ4v) is 3.25. The third-order valence-electron chi connectivity index (χ3n) is 4.31. The molecule has 1 aliphatic rings. The molecular formula is C19H28N2O4. The van der Waals surface area contributed by atoms with E-state index in [1.807, 2.05) is 17.0 Å². The summed E-state index contributed by atoms with van der Waals surface area (Å²) < 4.78 is 5.59. The Morgan fingerprint density at radius 1 is 1.20 bits per heavy atom. The summed E-state index contributed by atoms with van der Waals surface area (Å²) in [4.78, 5) is 25.8. The highest BCUT2D eigenvalue weighted by atomic mass is 16.5. The van der Waals surface area contributed by atoms with Gasteiger partial charge >= 0.3 is 0 Å². The number of rotatable bonds is 7. The summed E-state index contributed by atoms with van der Waals surface area (Å²) in [5.41, 5.74) is 0.854.